The van der Waals surface area contributed by atoms with Crippen LogP contribution in [-0.2, 0) is 4.79 Å². The molecule has 0 bridgehead atoms. The Morgan fingerprint density at radius 2 is 2.03 bits per heavy atom. The van der Waals surface area contributed by atoms with Gasteiger partial charge in [0.15, 0.2) is 0 Å². The van der Waals surface area contributed by atoms with Crippen LogP contribution in [0.5, 0.6) is 5.88 Å². The van der Waals surface area contributed by atoms with E-state index in [1.807, 2.05) is 6.07 Å². The second-order valence-electron chi connectivity index (χ2n) is 6.99. The lowest BCUT2D eigenvalue weighted by atomic mass is 10.0. The van der Waals surface area contributed by atoms with Crippen molar-refractivity contribution in [3.8, 4) is 11.9 Å². The van der Waals surface area contributed by atoms with Crippen molar-refractivity contribution in [1.82, 2.24) is 9.99 Å². The molecule has 6 nitrogen and oxygen atoms in total. The number of hydrogen-bond donors (Lipinski definition) is 0. The number of nitrogens with zero attached hydrogens (tertiary/aromatic N) is 4. The molecule has 1 aromatic carbocycles. The van der Waals surface area contributed by atoms with Crippen LogP contribution >= 0.6 is 0 Å². The van der Waals surface area contributed by atoms with Crippen LogP contribution in [0.1, 0.15) is 42.0 Å². The molecule has 0 saturated heterocycles. The first-order valence-electron chi connectivity index (χ1n) is 9.34. The van der Waals surface area contributed by atoms with Crippen LogP contribution in [-0.4, -0.2) is 28.7 Å². The van der Waals surface area contributed by atoms with E-state index < -0.39 is 17.7 Å². The van der Waals surface area contributed by atoms with E-state index in [0.717, 1.165) is 11.6 Å². The highest BCUT2D eigenvalue weighted by Gasteiger charge is 2.28. The van der Waals surface area contributed by atoms with Crippen molar-refractivity contribution < 1.29 is 18.3 Å². The number of halogens is 2. The van der Waals surface area contributed by atoms with Crippen molar-refractivity contribution in [2.75, 3.05) is 6.61 Å². The number of hydrazone groups is 1. The third-order valence-electron chi connectivity index (χ3n) is 4.62. The van der Waals surface area contributed by atoms with Crippen LogP contribution in [0.3, 0.4) is 0 Å². The number of hydrogen-bond acceptors (Lipinski definition) is 5. The third-order valence-corrected chi connectivity index (χ3v) is 4.62. The summed E-state index contributed by atoms with van der Waals surface area (Å²) in [5.74, 6) is -1.26. The highest BCUT2D eigenvalue weighted by atomic mass is 19.1. The topological polar surface area (TPSA) is 78.6 Å². The summed E-state index contributed by atoms with van der Waals surface area (Å²) in [6.07, 6.45) is 3.87. The molecule has 0 N–H and O–H groups in total. The van der Waals surface area contributed by atoms with E-state index in [0.29, 0.717) is 35.4 Å². The lowest BCUT2D eigenvalue weighted by Gasteiger charge is -2.22. The molecule has 1 atom stereocenters. The fourth-order valence-electron chi connectivity index (χ4n) is 3.11. The normalized spacial score (nSPS) is 15.1. The molecule has 1 amide bonds. The molecule has 2 aromatic rings. The Labute approximate surface area is 173 Å². The molecule has 1 aromatic heterocycles. The van der Waals surface area contributed by atoms with E-state index in [1.165, 1.54) is 23.3 Å². The largest absolute Gasteiger partial charge is 0.473 e. The molecule has 0 spiro atoms. The number of rotatable bonds is 7. The summed E-state index contributed by atoms with van der Waals surface area (Å²) in [5.41, 5.74) is 2.23. The van der Waals surface area contributed by atoms with Gasteiger partial charge in [0.25, 0.3) is 0 Å². The lowest BCUT2D eigenvalue weighted by Crippen LogP contribution is -2.27. The van der Waals surface area contributed by atoms with Gasteiger partial charge in [0.1, 0.15) is 24.3 Å². The quantitative estimate of drug-likeness (QED) is 0.641. The molecular weight excluding hydrogens is 390 g/mol. The average Bonchev–Trinajstić information content (AvgIpc) is 3.20. The fraction of sp³-hybridized carbons (Fsp3) is 0.273. The molecule has 1 aliphatic heterocycles. The van der Waals surface area contributed by atoms with Crippen LogP contribution in [0, 0.1) is 29.9 Å². The van der Waals surface area contributed by atoms with Gasteiger partial charge in [-0.25, -0.2) is 18.8 Å². The Hall–Kier alpha value is -3.60. The number of aromatic nitrogens is 1. The number of carbonyl (C=O) groups is 1. The van der Waals surface area contributed by atoms with Crippen LogP contribution in [0.15, 0.2) is 47.7 Å². The van der Waals surface area contributed by atoms with Gasteiger partial charge in [0.2, 0.25) is 11.8 Å². The zero-order valence-corrected chi connectivity index (χ0v) is 16.4. The molecule has 0 fully saturated rings. The summed E-state index contributed by atoms with van der Waals surface area (Å²) in [6, 6.07) is 6.37. The smallest absolute Gasteiger partial charge is 0.243 e. The van der Waals surface area contributed by atoms with E-state index in [9.17, 15) is 13.6 Å². The van der Waals surface area contributed by atoms with Gasteiger partial charge in [0, 0.05) is 36.9 Å². The van der Waals surface area contributed by atoms with Gasteiger partial charge < -0.3 is 4.74 Å². The molecule has 2 heterocycles. The minimum Gasteiger partial charge on any atom is -0.473 e. The summed E-state index contributed by atoms with van der Waals surface area (Å²) >= 11 is 0. The summed E-state index contributed by atoms with van der Waals surface area (Å²) in [5, 5.41) is 14.2. The van der Waals surface area contributed by atoms with Gasteiger partial charge in [-0.05, 0) is 42.7 Å². The van der Waals surface area contributed by atoms with E-state index in [1.54, 1.807) is 19.2 Å². The zero-order valence-electron chi connectivity index (χ0n) is 16.4. The Bertz CT molecular complexity index is 1030. The molecule has 154 valence electrons. The predicted octanol–water partition coefficient (Wildman–Crippen LogP) is 4.21. The highest BCUT2D eigenvalue weighted by molar-refractivity contribution is 5.80. The molecule has 1 unspecified atom stereocenters. The average molecular weight is 410 g/mol. The number of carbonyl (C=O) groups excluding carboxylic acids is 1. The minimum absolute atomic E-state index is 0.133. The number of pyridine rings is 1. The van der Waals surface area contributed by atoms with E-state index in [2.05, 4.69) is 16.7 Å². The first-order valence-corrected chi connectivity index (χ1v) is 9.34. The van der Waals surface area contributed by atoms with Crippen LogP contribution in [0.4, 0.5) is 8.78 Å². The van der Waals surface area contributed by atoms with E-state index in [-0.39, 0.29) is 18.9 Å². The molecule has 8 heteroatoms. The van der Waals surface area contributed by atoms with Crippen molar-refractivity contribution >= 4 is 12.1 Å². The highest BCUT2D eigenvalue weighted by Crippen LogP contribution is 2.30. The maximum atomic E-state index is 13.5. The third kappa shape index (κ3) is 5.06. The van der Waals surface area contributed by atoms with Gasteiger partial charge in [-0.2, -0.15) is 10.4 Å². The number of benzene rings is 1. The molecule has 3 rings (SSSR count). The van der Waals surface area contributed by atoms with Gasteiger partial charge in [-0.3, -0.25) is 4.79 Å². The molecule has 0 radical (unpaired) electrons. The second-order valence-corrected chi connectivity index (χ2v) is 6.99. The van der Waals surface area contributed by atoms with Crippen LogP contribution < -0.4 is 4.74 Å². The van der Waals surface area contributed by atoms with Crippen molar-refractivity contribution in [3.05, 3.63) is 70.9 Å². The molecular formula is C22H20F2N4O2. The second kappa shape index (κ2) is 9.27. The summed E-state index contributed by atoms with van der Waals surface area (Å²) in [7, 11) is 0. The van der Waals surface area contributed by atoms with Gasteiger partial charge >= 0.3 is 0 Å². The van der Waals surface area contributed by atoms with Crippen molar-refractivity contribution in [3.63, 3.8) is 0 Å². The number of ether oxygens (including phenoxy) is 1. The van der Waals surface area contributed by atoms with E-state index >= 15 is 0 Å². The molecule has 1 aliphatic rings. The van der Waals surface area contributed by atoms with E-state index in [4.69, 9.17) is 10.00 Å². The Morgan fingerprint density at radius 3 is 2.70 bits per heavy atom. The first-order chi connectivity index (χ1) is 14.4. The fourth-order valence-corrected chi connectivity index (χ4v) is 3.11. The molecule has 30 heavy (non-hydrogen) atoms. The van der Waals surface area contributed by atoms with Crippen molar-refractivity contribution in [1.29, 1.82) is 5.26 Å². The number of aryl methyl sites for hydroxylation is 1. The lowest BCUT2D eigenvalue weighted by molar-refractivity contribution is -0.133. The standard InChI is InChI=1S/C22H20F2N4O2/c1-14(13-30-22-15(2)7-16(11-25)12-26-22)3-4-21(29)28-20(5-6-27-28)17-8-18(23)10-19(24)9-17/h6-10,12,20H,1,3-5,13H2,2H3. The maximum absolute atomic E-state index is 13.5. The van der Waals surface area contributed by atoms with Crippen molar-refractivity contribution in [2.24, 2.45) is 5.10 Å². The number of amides is 1. The zero-order chi connectivity index (χ0) is 21.7. The number of nitriles is 1. The maximum Gasteiger partial charge on any atom is 0.243 e. The van der Waals surface area contributed by atoms with Gasteiger partial charge in [-0.15, -0.1) is 0 Å². The Balaban J connectivity index is 1.53. The summed E-state index contributed by atoms with van der Waals surface area (Å²) in [4.78, 5) is 16.7. The molecule has 0 saturated carbocycles. The Morgan fingerprint density at radius 1 is 1.30 bits per heavy atom. The van der Waals surface area contributed by atoms with Crippen LogP contribution in [0.25, 0.3) is 0 Å². The SMILES string of the molecule is C=C(CCC(=O)N1N=CCC1c1cc(F)cc(F)c1)COc1ncc(C#N)cc1C. The Kier molecular flexibility index (Phi) is 6.52. The first kappa shape index (κ1) is 21.1. The van der Waals surface area contributed by atoms with Crippen LogP contribution in [0.2, 0.25) is 0 Å². The van der Waals surface area contributed by atoms with Gasteiger partial charge in [-0.1, -0.05) is 6.58 Å². The minimum atomic E-state index is -0.693. The molecule has 0 aliphatic carbocycles. The summed E-state index contributed by atoms with van der Waals surface area (Å²) in [6.45, 7) is 5.88. The van der Waals surface area contributed by atoms with Gasteiger partial charge in [0.05, 0.1) is 11.6 Å². The monoisotopic (exact) mass is 410 g/mol. The predicted molar refractivity (Wildman–Crippen MR) is 107 cm³/mol. The summed E-state index contributed by atoms with van der Waals surface area (Å²) < 4.78 is 32.7. The van der Waals surface area contributed by atoms with Crippen molar-refractivity contribution in [2.45, 2.75) is 32.2 Å².